The lowest BCUT2D eigenvalue weighted by atomic mass is 10.3. The van der Waals surface area contributed by atoms with E-state index < -0.39 is 10.5 Å². The number of hydrogen-bond acceptors (Lipinski definition) is 4. The minimum Gasteiger partial charge on any atom is -0.324 e. The molecule has 0 heterocycles. The Morgan fingerprint density at radius 1 is 1.36 bits per heavy atom. The average molecular weight is 212 g/mol. The van der Waals surface area contributed by atoms with Crippen molar-refractivity contribution < 1.29 is 13.2 Å². The van der Waals surface area contributed by atoms with Crippen LogP contribution in [0.5, 0.6) is 0 Å². The molecule has 1 N–H and O–H groups in total. The van der Waals surface area contributed by atoms with Crippen LogP contribution in [0, 0.1) is 0 Å². The van der Waals surface area contributed by atoms with Gasteiger partial charge in [0, 0.05) is 6.92 Å². The summed E-state index contributed by atoms with van der Waals surface area (Å²) in [7, 11) is -2.52. The van der Waals surface area contributed by atoms with E-state index in [0.29, 0.717) is 5.69 Å². The van der Waals surface area contributed by atoms with Crippen molar-refractivity contribution in [3.63, 3.8) is 0 Å². The van der Waals surface area contributed by atoms with Crippen LogP contribution >= 0.6 is 0 Å². The fourth-order valence-corrected chi connectivity index (χ4v) is 1.25. The predicted octanol–water partition coefficient (Wildman–Crippen LogP) is 1.34. The number of nitrogens with one attached hydrogen (secondary N) is 1. The van der Waals surface area contributed by atoms with Crippen molar-refractivity contribution in [2.24, 2.45) is 4.36 Å². The van der Waals surface area contributed by atoms with Crippen molar-refractivity contribution >= 4 is 27.8 Å². The Hall–Kier alpha value is -1.69. The van der Waals surface area contributed by atoms with Crippen LogP contribution in [0.3, 0.4) is 0 Å². The van der Waals surface area contributed by atoms with Gasteiger partial charge in [0.15, 0.2) is 0 Å². The van der Waals surface area contributed by atoms with Crippen LogP contribution in [0.2, 0.25) is 0 Å². The third-order valence-electron chi connectivity index (χ3n) is 1.39. The molecule has 1 rings (SSSR count). The molecule has 0 atom stereocenters. The molecule has 1 amide bonds. The highest BCUT2D eigenvalue weighted by Gasteiger charge is 2.01. The number of para-hydroxylation sites is 1. The lowest BCUT2D eigenvalue weighted by Gasteiger charge is -2.02. The number of benzene rings is 1. The standard InChI is InChI=1S/C8H8N2O3S/c1-6(11)9-7-4-2-3-5-8(7)10-14(12)13/h2-5H,1H3,(H,9,11). The lowest BCUT2D eigenvalue weighted by Crippen LogP contribution is -2.05. The summed E-state index contributed by atoms with van der Waals surface area (Å²) in [5, 5.41) is 2.47. The van der Waals surface area contributed by atoms with Gasteiger partial charge >= 0.3 is 10.5 Å². The summed E-state index contributed by atoms with van der Waals surface area (Å²) in [6.07, 6.45) is 0. The van der Waals surface area contributed by atoms with Gasteiger partial charge in [-0.05, 0) is 12.1 Å². The van der Waals surface area contributed by atoms with E-state index in [1.807, 2.05) is 0 Å². The highest BCUT2D eigenvalue weighted by molar-refractivity contribution is 7.61. The molecular formula is C8H8N2O3S. The highest BCUT2D eigenvalue weighted by Crippen LogP contribution is 2.23. The van der Waals surface area contributed by atoms with Gasteiger partial charge in [-0.3, -0.25) is 4.79 Å². The Morgan fingerprint density at radius 2 is 2.00 bits per heavy atom. The normalized spacial score (nSPS) is 9.21. The van der Waals surface area contributed by atoms with Crippen LogP contribution in [0.1, 0.15) is 6.92 Å². The van der Waals surface area contributed by atoms with Gasteiger partial charge in [-0.1, -0.05) is 12.1 Å². The van der Waals surface area contributed by atoms with Gasteiger partial charge in [0.05, 0.1) is 5.69 Å². The highest BCUT2D eigenvalue weighted by atomic mass is 32.2. The van der Waals surface area contributed by atoms with Crippen molar-refractivity contribution in [1.82, 2.24) is 0 Å². The molecule has 6 heteroatoms. The van der Waals surface area contributed by atoms with Gasteiger partial charge < -0.3 is 5.32 Å². The average Bonchev–Trinajstić information content (AvgIpc) is 2.06. The second kappa shape index (κ2) is 4.52. The van der Waals surface area contributed by atoms with E-state index in [4.69, 9.17) is 0 Å². The van der Waals surface area contributed by atoms with Crippen LogP contribution in [-0.2, 0) is 15.3 Å². The monoisotopic (exact) mass is 212 g/mol. The molecule has 0 saturated heterocycles. The van der Waals surface area contributed by atoms with E-state index in [2.05, 4.69) is 9.68 Å². The Labute approximate surface area is 82.5 Å². The molecule has 0 bridgehead atoms. The number of nitrogens with zero attached hydrogens (tertiary/aromatic N) is 1. The van der Waals surface area contributed by atoms with Crippen LogP contribution in [0.4, 0.5) is 11.4 Å². The third kappa shape index (κ3) is 2.98. The first-order valence-corrected chi connectivity index (χ1v) is 4.80. The maximum absolute atomic E-state index is 10.7. The minimum atomic E-state index is -2.52. The first-order valence-electron chi connectivity index (χ1n) is 3.77. The van der Waals surface area contributed by atoms with Gasteiger partial charge in [0.1, 0.15) is 5.69 Å². The van der Waals surface area contributed by atoms with E-state index in [1.54, 1.807) is 18.2 Å². The fourth-order valence-electron chi connectivity index (χ4n) is 0.929. The van der Waals surface area contributed by atoms with Gasteiger partial charge in [0.25, 0.3) is 0 Å². The molecule has 14 heavy (non-hydrogen) atoms. The zero-order valence-electron chi connectivity index (χ0n) is 7.39. The third-order valence-corrected chi connectivity index (χ3v) is 1.73. The lowest BCUT2D eigenvalue weighted by molar-refractivity contribution is -0.114. The largest absolute Gasteiger partial charge is 0.324 e. The van der Waals surface area contributed by atoms with E-state index in [-0.39, 0.29) is 11.6 Å². The summed E-state index contributed by atoms with van der Waals surface area (Å²) in [6.45, 7) is 1.34. The Morgan fingerprint density at radius 3 is 2.57 bits per heavy atom. The predicted molar refractivity (Wildman–Crippen MR) is 51.8 cm³/mol. The zero-order valence-corrected chi connectivity index (χ0v) is 8.21. The van der Waals surface area contributed by atoms with Gasteiger partial charge in [-0.25, -0.2) is 0 Å². The molecule has 74 valence electrons. The molecular weight excluding hydrogens is 204 g/mol. The minimum absolute atomic E-state index is 0.219. The number of rotatable bonds is 2. The van der Waals surface area contributed by atoms with Crippen LogP contribution in [0.25, 0.3) is 0 Å². The Bertz CT molecular complexity index is 471. The first-order chi connectivity index (χ1) is 6.59. The summed E-state index contributed by atoms with van der Waals surface area (Å²) in [4.78, 5) is 10.7. The second-order valence-corrected chi connectivity index (χ2v) is 3.12. The number of amides is 1. The molecule has 5 nitrogen and oxygen atoms in total. The smallest absolute Gasteiger partial charge is 0.316 e. The Kier molecular flexibility index (Phi) is 3.35. The maximum Gasteiger partial charge on any atom is 0.316 e. The van der Waals surface area contributed by atoms with Crippen LogP contribution in [0.15, 0.2) is 28.6 Å². The topological polar surface area (TPSA) is 75.6 Å². The second-order valence-electron chi connectivity index (χ2n) is 2.51. The van der Waals surface area contributed by atoms with Gasteiger partial charge in [-0.15, -0.1) is 4.36 Å². The van der Waals surface area contributed by atoms with Crippen molar-refractivity contribution in [2.45, 2.75) is 6.92 Å². The van der Waals surface area contributed by atoms with Crippen molar-refractivity contribution in [3.05, 3.63) is 24.3 Å². The van der Waals surface area contributed by atoms with Gasteiger partial charge in [-0.2, -0.15) is 8.42 Å². The van der Waals surface area contributed by atoms with Crippen LogP contribution < -0.4 is 5.32 Å². The molecule has 0 unspecified atom stereocenters. The fraction of sp³-hybridized carbons (Fsp3) is 0.125. The van der Waals surface area contributed by atoms with Crippen molar-refractivity contribution in [1.29, 1.82) is 0 Å². The van der Waals surface area contributed by atoms with E-state index in [1.165, 1.54) is 13.0 Å². The molecule has 0 saturated carbocycles. The van der Waals surface area contributed by atoms with E-state index in [0.717, 1.165) is 0 Å². The summed E-state index contributed by atoms with van der Waals surface area (Å²) in [5.41, 5.74) is 0.597. The molecule has 0 aliphatic rings. The molecule has 0 aliphatic heterocycles. The molecule has 0 radical (unpaired) electrons. The molecule has 1 aromatic rings. The van der Waals surface area contributed by atoms with E-state index in [9.17, 15) is 13.2 Å². The van der Waals surface area contributed by atoms with Crippen molar-refractivity contribution in [2.75, 3.05) is 5.32 Å². The molecule has 0 aromatic heterocycles. The zero-order chi connectivity index (χ0) is 10.6. The molecule has 0 spiro atoms. The number of hydrogen-bond donors (Lipinski definition) is 1. The summed E-state index contributed by atoms with van der Waals surface area (Å²) in [5.74, 6) is -0.274. The summed E-state index contributed by atoms with van der Waals surface area (Å²) in [6, 6.07) is 6.39. The Balaban J connectivity index is 3.15. The summed E-state index contributed by atoms with van der Waals surface area (Å²) >= 11 is 0. The quantitative estimate of drug-likeness (QED) is 0.803. The SMILES string of the molecule is CC(=O)Nc1ccccc1N=S(=O)=O. The molecule has 0 aliphatic carbocycles. The van der Waals surface area contributed by atoms with Crippen LogP contribution in [-0.4, -0.2) is 14.3 Å². The van der Waals surface area contributed by atoms with Crippen molar-refractivity contribution in [3.8, 4) is 0 Å². The number of anilines is 1. The number of carbonyl (C=O) groups is 1. The number of carbonyl (C=O) groups excluding carboxylic acids is 1. The van der Waals surface area contributed by atoms with E-state index >= 15 is 0 Å². The molecule has 1 aromatic carbocycles. The summed E-state index contributed by atoms with van der Waals surface area (Å²) < 4.78 is 24.0. The maximum atomic E-state index is 10.7. The molecule has 0 fully saturated rings. The first kappa shape index (κ1) is 10.4. The van der Waals surface area contributed by atoms with Gasteiger partial charge in [0.2, 0.25) is 5.91 Å².